The van der Waals surface area contributed by atoms with Crippen LogP contribution in [-0.4, -0.2) is 48.9 Å². The molecule has 5 nitrogen and oxygen atoms in total. The molecule has 0 aromatic rings. The highest BCUT2D eigenvalue weighted by Gasteiger charge is 2.37. The Kier molecular flexibility index (Phi) is 4.80. The number of amides is 2. The molecule has 3 unspecified atom stereocenters. The minimum Gasteiger partial charge on any atom is -0.357 e. The maximum absolute atomic E-state index is 12.7. The third-order valence-electron chi connectivity index (χ3n) is 4.41. The van der Waals surface area contributed by atoms with E-state index in [9.17, 15) is 9.59 Å². The summed E-state index contributed by atoms with van der Waals surface area (Å²) in [5.41, 5.74) is 0. The Morgan fingerprint density at radius 1 is 1.21 bits per heavy atom. The first-order chi connectivity index (χ1) is 9.15. The van der Waals surface area contributed by atoms with E-state index >= 15 is 0 Å². The lowest BCUT2D eigenvalue weighted by Gasteiger charge is -2.39. The molecule has 108 valence electrons. The van der Waals surface area contributed by atoms with Crippen LogP contribution in [0.25, 0.3) is 0 Å². The van der Waals surface area contributed by atoms with Gasteiger partial charge >= 0.3 is 0 Å². The summed E-state index contributed by atoms with van der Waals surface area (Å²) >= 11 is 0. The molecule has 2 saturated heterocycles. The summed E-state index contributed by atoms with van der Waals surface area (Å²) in [5, 5.41) is 6.05. The van der Waals surface area contributed by atoms with Crippen LogP contribution < -0.4 is 10.6 Å². The smallest absolute Gasteiger partial charge is 0.242 e. The Morgan fingerprint density at radius 2 is 2.00 bits per heavy atom. The van der Waals surface area contributed by atoms with Gasteiger partial charge < -0.3 is 15.5 Å². The molecule has 2 heterocycles. The number of hydrogen-bond donors (Lipinski definition) is 2. The van der Waals surface area contributed by atoms with E-state index < -0.39 is 0 Å². The average Bonchev–Trinajstić information content (AvgIpc) is 2.46. The third-order valence-corrected chi connectivity index (χ3v) is 4.41. The van der Waals surface area contributed by atoms with E-state index in [2.05, 4.69) is 17.6 Å². The van der Waals surface area contributed by atoms with Gasteiger partial charge in [0.25, 0.3) is 0 Å². The monoisotopic (exact) mass is 267 g/mol. The zero-order valence-corrected chi connectivity index (χ0v) is 11.9. The summed E-state index contributed by atoms with van der Waals surface area (Å²) in [4.78, 5) is 26.4. The number of piperidine rings is 2. The van der Waals surface area contributed by atoms with Gasteiger partial charge in [0.15, 0.2) is 0 Å². The number of nitrogens with one attached hydrogen (secondary N) is 2. The molecule has 0 aromatic carbocycles. The summed E-state index contributed by atoms with van der Waals surface area (Å²) in [7, 11) is 1.64. The second-order valence-corrected chi connectivity index (χ2v) is 5.65. The van der Waals surface area contributed by atoms with Crippen molar-refractivity contribution in [1.82, 2.24) is 15.5 Å². The molecule has 0 saturated carbocycles. The molecule has 0 aliphatic carbocycles. The topological polar surface area (TPSA) is 61.4 Å². The summed E-state index contributed by atoms with van der Waals surface area (Å²) in [6.45, 7) is 3.78. The minimum absolute atomic E-state index is 0.0236. The second kappa shape index (κ2) is 6.37. The van der Waals surface area contributed by atoms with E-state index in [1.54, 1.807) is 7.05 Å². The molecule has 2 aliphatic rings. The van der Waals surface area contributed by atoms with Crippen molar-refractivity contribution >= 4 is 11.8 Å². The number of likely N-dealkylation sites (N-methyl/N-ethyl adjacent to an activating group) is 1. The molecule has 0 aromatic heterocycles. The Morgan fingerprint density at radius 3 is 2.68 bits per heavy atom. The minimum atomic E-state index is -0.264. The number of carbonyl (C=O) groups excluding carboxylic acids is 2. The maximum atomic E-state index is 12.7. The first kappa shape index (κ1) is 14.3. The van der Waals surface area contributed by atoms with Crippen molar-refractivity contribution in [2.75, 3.05) is 20.1 Å². The van der Waals surface area contributed by atoms with Crippen molar-refractivity contribution in [3.63, 3.8) is 0 Å². The van der Waals surface area contributed by atoms with Crippen LogP contribution in [0.4, 0.5) is 0 Å². The van der Waals surface area contributed by atoms with Crippen molar-refractivity contribution in [2.45, 2.75) is 51.1 Å². The number of carbonyl (C=O) groups is 2. The highest BCUT2D eigenvalue weighted by atomic mass is 16.2. The fourth-order valence-corrected chi connectivity index (χ4v) is 3.23. The molecule has 2 N–H and O–H groups in total. The molecular formula is C14H25N3O2. The van der Waals surface area contributed by atoms with Gasteiger partial charge in [-0.15, -0.1) is 0 Å². The van der Waals surface area contributed by atoms with Crippen molar-refractivity contribution in [2.24, 2.45) is 5.92 Å². The summed E-state index contributed by atoms with van der Waals surface area (Å²) in [6.07, 6.45) is 4.80. The highest BCUT2D eigenvalue weighted by molar-refractivity contribution is 5.88. The van der Waals surface area contributed by atoms with Gasteiger partial charge in [-0.3, -0.25) is 9.59 Å². The summed E-state index contributed by atoms with van der Waals surface area (Å²) in [6, 6.07) is -0.0473. The molecule has 0 spiro atoms. The van der Waals surface area contributed by atoms with Crippen LogP contribution in [0.5, 0.6) is 0 Å². The van der Waals surface area contributed by atoms with E-state index in [0.29, 0.717) is 0 Å². The molecule has 3 atom stereocenters. The zero-order chi connectivity index (χ0) is 13.8. The maximum Gasteiger partial charge on any atom is 0.242 e. The lowest BCUT2D eigenvalue weighted by atomic mass is 9.89. The largest absolute Gasteiger partial charge is 0.357 e. The van der Waals surface area contributed by atoms with E-state index in [4.69, 9.17) is 0 Å². The molecule has 2 amide bonds. The van der Waals surface area contributed by atoms with Crippen molar-refractivity contribution < 1.29 is 9.59 Å². The zero-order valence-electron chi connectivity index (χ0n) is 11.9. The van der Waals surface area contributed by atoms with Gasteiger partial charge in [0, 0.05) is 19.6 Å². The van der Waals surface area contributed by atoms with Crippen LogP contribution in [0, 0.1) is 5.92 Å². The Labute approximate surface area is 115 Å². The van der Waals surface area contributed by atoms with E-state index in [-0.39, 0.29) is 29.8 Å². The van der Waals surface area contributed by atoms with E-state index in [0.717, 1.165) is 45.2 Å². The second-order valence-electron chi connectivity index (χ2n) is 5.65. The van der Waals surface area contributed by atoms with Crippen LogP contribution >= 0.6 is 0 Å². The molecule has 19 heavy (non-hydrogen) atoms. The molecule has 5 heteroatoms. The lowest BCUT2D eigenvalue weighted by molar-refractivity contribution is -0.146. The molecule has 2 aliphatic heterocycles. The van der Waals surface area contributed by atoms with Gasteiger partial charge in [-0.25, -0.2) is 0 Å². The summed E-state index contributed by atoms with van der Waals surface area (Å²) < 4.78 is 0. The van der Waals surface area contributed by atoms with Crippen molar-refractivity contribution in [3.05, 3.63) is 0 Å². The molecular weight excluding hydrogens is 242 g/mol. The third kappa shape index (κ3) is 3.08. The predicted molar refractivity (Wildman–Crippen MR) is 73.6 cm³/mol. The first-order valence-electron chi connectivity index (χ1n) is 7.40. The standard InChI is InChI=1S/C14H25N3O2/c1-10-11(6-5-8-16-10)14(19)17-9-4-3-7-12(17)13(18)15-2/h10-12,16H,3-9H2,1-2H3,(H,15,18). The van der Waals surface area contributed by atoms with Crippen LogP contribution in [0.15, 0.2) is 0 Å². The first-order valence-corrected chi connectivity index (χ1v) is 7.40. The van der Waals surface area contributed by atoms with Gasteiger partial charge in [0.2, 0.25) is 11.8 Å². The van der Waals surface area contributed by atoms with Gasteiger partial charge in [-0.05, 0) is 45.6 Å². The number of rotatable bonds is 2. The number of nitrogens with zero attached hydrogens (tertiary/aromatic N) is 1. The van der Waals surface area contributed by atoms with Crippen LogP contribution in [0.2, 0.25) is 0 Å². The van der Waals surface area contributed by atoms with Crippen molar-refractivity contribution in [1.29, 1.82) is 0 Å². The Hall–Kier alpha value is -1.10. The van der Waals surface area contributed by atoms with Gasteiger partial charge in [-0.1, -0.05) is 0 Å². The predicted octanol–water partition coefficient (Wildman–Crippen LogP) is 0.502. The Balaban J connectivity index is 2.08. The quantitative estimate of drug-likeness (QED) is 0.766. The average molecular weight is 267 g/mol. The number of likely N-dealkylation sites (tertiary alicyclic amines) is 1. The van der Waals surface area contributed by atoms with Crippen LogP contribution in [0.3, 0.4) is 0 Å². The molecule has 0 radical (unpaired) electrons. The highest BCUT2D eigenvalue weighted by Crippen LogP contribution is 2.24. The summed E-state index contributed by atoms with van der Waals surface area (Å²) in [5.74, 6) is 0.163. The van der Waals surface area contributed by atoms with Crippen LogP contribution in [-0.2, 0) is 9.59 Å². The van der Waals surface area contributed by atoms with Crippen LogP contribution in [0.1, 0.15) is 39.0 Å². The normalized spacial score (nSPS) is 31.9. The fraction of sp³-hybridized carbons (Fsp3) is 0.857. The molecule has 0 bridgehead atoms. The van der Waals surface area contributed by atoms with Gasteiger partial charge in [0.1, 0.15) is 6.04 Å². The van der Waals surface area contributed by atoms with E-state index in [1.165, 1.54) is 0 Å². The van der Waals surface area contributed by atoms with Gasteiger partial charge in [0.05, 0.1) is 5.92 Å². The Bertz CT molecular complexity index is 346. The lowest BCUT2D eigenvalue weighted by Crippen LogP contribution is -2.56. The molecule has 2 fully saturated rings. The molecule has 2 rings (SSSR count). The fourth-order valence-electron chi connectivity index (χ4n) is 3.23. The SMILES string of the molecule is CNC(=O)C1CCCCN1C(=O)C1CCCNC1C. The van der Waals surface area contributed by atoms with E-state index in [1.807, 2.05) is 4.90 Å². The number of hydrogen-bond acceptors (Lipinski definition) is 3. The van der Waals surface area contributed by atoms with Gasteiger partial charge in [-0.2, -0.15) is 0 Å². The van der Waals surface area contributed by atoms with Crippen molar-refractivity contribution in [3.8, 4) is 0 Å².